The summed E-state index contributed by atoms with van der Waals surface area (Å²) in [5.74, 6) is -2.14. The van der Waals surface area contributed by atoms with Crippen LogP contribution in [0.1, 0.15) is 65.3 Å². The number of pyridine rings is 1. The second-order valence-corrected chi connectivity index (χ2v) is 8.20. The van der Waals surface area contributed by atoms with Crippen molar-refractivity contribution in [1.82, 2.24) is 10.3 Å². The first-order valence-corrected chi connectivity index (χ1v) is 10.0. The molecule has 2 aromatic rings. The first-order valence-electron chi connectivity index (χ1n) is 10.0. The van der Waals surface area contributed by atoms with Crippen LogP contribution in [0.15, 0.2) is 36.4 Å². The van der Waals surface area contributed by atoms with Gasteiger partial charge in [-0.15, -0.1) is 0 Å². The number of amides is 1. The summed E-state index contributed by atoms with van der Waals surface area (Å²) in [5.41, 5.74) is 4.44. The molecule has 2 heterocycles. The van der Waals surface area contributed by atoms with Crippen molar-refractivity contribution in [3.05, 3.63) is 58.9 Å². The number of anilines is 1. The van der Waals surface area contributed by atoms with Crippen LogP contribution in [0.3, 0.4) is 0 Å². The van der Waals surface area contributed by atoms with Gasteiger partial charge >= 0.3 is 0 Å². The van der Waals surface area contributed by atoms with E-state index in [1.54, 1.807) is 4.90 Å². The van der Waals surface area contributed by atoms with E-state index in [0.29, 0.717) is 31.0 Å². The van der Waals surface area contributed by atoms with Gasteiger partial charge in [-0.25, -0.2) is 8.78 Å². The number of fused-ring (bicyclic) bond motifs is 1. The summed E-state index contributed by atoms with van der Waals surface area (Å²) in [4.78, 5) is 19.7. The summed E-state index contributed by atoms with van der Waals surface area (Å²) in [5, 5.41) is 3.22. The van der Waals surface area contributed by atoms with Crippen molar-refractivity contribution in [3.63, 3.8) is 0 Å². The Morgan fingerprint density at radius 3 is 2.64 bits per heavy atom. The number of carbonyl (C=O) groups excluding carboxylic acids is 1. The van der Waals surface area contributed by atoms with Crippen molar-refractivity contribution in [2.75, 3.05) is 4.90 Å². The molecular formula is C22H23F2N3O. The number of hydrogen-bond acceptors (Lipinski definition) is 3. The highest BCUT2D eigenvalue weighted by Crippen LogP contribution is 2.44. The summed E-state index contributed by atoms with van der Waals surface area (Å²) in [6.45, 7) is 0.978. The van der Waals surface area contributed by atoms with Crippen LogP contribution in [0.4, 0.5) is 14.5 Å². The largest absolute Gasteiger partial charge is 0.308 e. The molecule has 1 aromatic heterocycles. The van der Waals surface area contributed by atoms with E-state index in [-0.39, 0.29) is 24.8 Å². The quantitative estimate of drug-likeness (QED) is 0.833. The van der Waals surface area contributed by atoms with Crippen molar-refractivity contribution in [3.8, 4) is 0 Å². The fraction of sp³-hybridized carbons (Fsp3) is 0.455. The van der Waals surface area contributed by atoms with Crippen molar-refractivity contribution >= 4 is 11.6 Å². The van der Waals surface area contributed by atoms with Gasteiger partial charge in [-0.05, 0) is 37.5 Å². The molecule has 5 rings (SSSR count). The maximum absolute atomic E-state index is 13.4. The van der Waals surface area contributed by atoms with Crippen LogP contribution >= 0.6 is 0 Å². The molecule has 0 saturated heterocycles. The minimum absolute atomic E-state index is 0.000787. The Labute approximate surface area is 163 Å². The van der Waals surface area contributed by atoms with Gasteiger partial charge in [0, 0.05) is 53.9 Å². The van der Waals surface area contributed by atoms with Crippen LogP contribution in [0.25, 0.3) is 0 Å². The van der Waals surface area contributed by atoms with Crippen LogP contribution < -0.4 is 10.2 Å². The van der Waals surface area contributed by atoms with Gasteiger partial charge in [-0.1, -0.05) is 18.2 Å². The predicted molar refractivity (Wildman–Crippen MR) is 103 cm³/mol. The molecule has 3 aliphatic rings. The fourth-order valence-corrected chi connectivity index (χ4v) is 4.35. The number of rotatable bonds is 5. The van der Waals surface area contributed by atoms with E-state index in [1.165, 1.54) is 0 Å². The third-order valence-corrected chi connectivity index (χ3v) is 6.01. The van der Waals surface area contributed by atoms with Crippen LogP contribution in [0.2, 0.25) is 0 Å². The smallest absolute Gasteiger partial charge is 0.259 e. The lowest BCUT2D eigenvalue weighted by molar-refractivity contribution is 0.00686. The molecule has 0 spiro atoms. The highest BCUT2D eigenvalue weighted by molar-refractivity contribution is 6.10. The van der Waals surface area contributed by atoms with Crippen molar-refractivity contribution < 1.29 is 13.6 Å². The lowest BCUT2D eigenvalue weighted by Gasteiger charge is -2.15. The molecule has 0 bridgehead atoms. The number of nitrogens with zero attached hydrogens (tertiary/aromatic N) is 2. The molecule has 1 atom stereocenters. The van der Waals surface area contributed by atoms with Crippen LogP contribution in [0, 0.1) is 0 Å². The fourth-order valence-electron chi connectivity index (χ4n) is 4.35. The Bertz CT molecular complexity index is 911. The zero-order valence-corrected chi connectivity index (χ0v) is 15.6. The van der Waals surface area contributed by atoms with Gasteiger partial charge in [-0.2, -0.15) is 0 Å². The number of nitrogens with one attached hydrogen (secondary N) is 1. The van der Waals surface area contributed by atoms with Crippen molar-refractivity contribution in [2.24, 2.45) is 0 Å². The molecule has 1 unspecified atom stereocenters. The number of hydrogen-bond donors (Lipinski definition) is 1. The van der Waals surface area contributed by atoms with E-state index < -0.39 is 5.92 Å². The molecule has 4 nitrogen and oxygen atoms in total. The standard InChI is InChI=1S/C22H23F2N3O/c23-22(24)9-8-15(11-22)25-12-16-10-18-19(20(26-16)14-6-7-14)13-27(21(18)28)17-4-2-1-3-5-17/h1-5,10,14-15,25H,6-9,11-13H2. The van der Waals surface area contributed by atoms with Crippen molar-refractivity contribution in [1.29, 1.82) is 0 Å². The number of halogens is 2. The van der Waals surface area contributed by atoms with Crippen molar-refractivity contribution in [2.45, 2.75) is 63.1 Å². The van der Waals surface area contributed by atoms with Gasteiger partial charge in [0.25, 0.3) is 5.91 Å². The Morgan fingerprint density at radius 1 is 1.18 bits per heavy atom. The normalized spacial score (nSPS) is 23.3. The summed E-state index contributed by atoms with van der Waals surface area (Å²) in [6.07, 6.45) is 2.51. The lowest BCUT2D eigenvalue weighted by atomic mass is 10.0. The van der Waals surface area contributed by atoms with E-state index in [0.717, 1.165) is 35.5 Å². The molecule has 146 valence electrons. The van der Waals surface area contributed by atoms with Gasteiger partial charge < -0.3 is 10.2 Å². The minimum atomic E-state index is -2.56. The first kappa shape index (κ1) is 17.7. The van der Waals surface area contributed by atoms with Gasteiger partial charge in [-0.3, -0.25) is 9.78 Å². The molecule has 28 heavy (non-hydrogen) atoms. The Morgan fingerprint density at radius 2 is 1.96 bits per heavy atom. The summed E-state index contributed by atoms with van der Waals surface area (Å²) < 4.78 is 26.9. The van der Waals surface area contributed by atoms with Gasteiger partial charge in [0.1, 0.15) is 0 Å². The molecule has 0 radical (unpaired) electrons. The zero-order valence-electron chi connectivity index (χ0n) is 15.6. The van der Waals surface area contributed by atoms with Gasteiger partial charge in [0.15, 0.2) is 0 Å². The monoisotopic (exact) mass is 383 g/mol. The lowest BCUT2D eigenvalue weighted by Crippen LogP contribution is -2.28. The Hall–Kier alpha value is -2.34. The Balaban J connectivity index is 1.40. The Kier molecular flexibility index (Phi) is 4.19. The molecular weight excluding hydrogens is 360 g/mol. The summed E-state index contributed by atoms with van der Waals surface area (Å²) in [6, 6.07) is 11.3. The number of alkyl halides is 2. The molecule has 2 fully saturated rings. The SMILES string of the molecule is O=C1c2cc(CNC3CCC(F)(F)C3)nc(C3CC3)c2CN1c1ccccc1. The van der Waals surface area contributed by atoms with Gasteiger partial charge in [0.05, 0.1) is 12.2 Å². The van der Waals surface area contributed by atoms with Crippen LogP contribution in [-0.2, 0) is 13.1 Å². The van der Waals surface area contributed by atoms with E-state index >= 15 is 0 Å². The number of para-hydroxylation sites is 1. The third-order valence-electron chi connectivity index (χ3n) is 6.01. The van der Waals surface area contributed by atoms with E-state index in [1.807, 2.05) is 36.4 Å². The molecule has 1 aromatic carbocycles. The molecule has 2 aliphatic carbocycles. The maximum Gasteiger partial charge on any atom is 0.259 e. The zero-order chi connectivity index (χ0) is 19.3. The molecule has 6 heteroatoms. The highest BCUT2D eigenvalue weighted by atomic mass is 19.3. The topological polar surface area (TPSA) is 45.2 Å². The molecule has 2 saturated carbocycles. The number of carbonyl (C=O) groups is 1. The summed E-state index contributed by atoms with van der Waals surface area (Å²) in [7, 11) is 0. The second kappa shape index (κ2) is 6.62. The van der Waals surface area contributed by atoms with E-state index in [2.05, 4.69) is 5.32 Å². The maximum atomic E-state index is 13.4. The molecule has 1 amide bonds. The molecule has 1 N–H and O–H groups in total. The highest BCUT2D eigenvalue weighted by Gasteiger charge is 2.40. The molecule has 1 aliphatic heterocycles. The van der Waals surface area contributed by atoms with Crippen LogP contribution in [0.5, 0.6) is 0 Å². The average molecular weight is 383 g/mol. The first-order chi connectivity index (χ1) is 13.5. The second-order valence-electron chi connectivity index (χ2n) is 8.20. The van der Waals surface area contributed by atoms with E-state index in [4.69, 9.17) is 4.98 Å². The minimum Gasteiger partial charge on any atom is -0.308 e. The number of benzene rings is 1. The average Bonchev–Trinajstić information content (AvgIpc) is 3.40. The summed E-state index contributed by atoms with van der Waals surface area (Å²) >= 11 is 0. The predicted octanol–water partition coefficient (Wildman–Crippen LogP) is 4.40. The van der Waals surface area contributed by atoms with E-state index in [9.17, 15) is 13.6 Å². The van der Waals surface area contributed by atoms with Crippen LogP contribution in [-0.4, -0.2) is 22.9 Å². The number of aromatic nitrogens is 1. The third kappa shape index (κ3) is 3.30. The van der Waals surface area contributed by atoms with Gasteiger partial charge in [0.2, 0.25) is 5.92 Å².